The van der Waals surface area contributed by atoms with Gasteiger partial charge in [0.05, 0.1) is 28.3 Å². The number of aromatic amines is 1. The number of carbonyl (C=O) groups is 1. The highest BCUT2D eigenvalue weighted by Gasteiger charge is 2.20. The van der Waals surface area contributed by atoms with Crippen LogP contribution in [0.5, 0.6) is 0 Å². The third-order valence-corrected chi connectivity index (χ3v) is 4.45. The standard InChI is InChI=1S/C15H14Cl2N4O/c1-8(22)18-7-12-13(9-5-19-20-6-9)10-3-4-11(16)14(17)15(10)21(12)2/h3-6H,7H2,1-2H3,(H,18,22)(H,19,20). The third-order valence-electron chi connectivity index (χ3n) is 3.66. The Kier molecular flexibility index (Phi) is 3.85. The molecule has 0 saturated heterocycles. The number of nitrogens with one attached hydrogen (secondary N) is 2. The van der Waals surface area contributed by atoms with Crippen molar-refractivity contribution in [2.75, 3.05) is 0 Å². The average molecular weight is 337 g/mol. The van der Waals surface area contributed by atoms with E-state index in [0.29, 0.717) is 16.6 Å². The molecule has 1 aromatic carbocycles. The van der Waals surface area contributed by atoms with Crippen LogP contribution in [-0.2, 0) is 18.4 Å². The van der Waals surface area contributed by atoms with Gasteiger partial charge in [-0.2, -0.15) is 5.10 Å². The van der Waals surface area contributed by atoms with E-state index in [0.717, 1.165) is 27.7 Å². The number of halogens is 2. The number of carbonyl (C=O) groups excluding carboxylic acids is 1. The van der Waals surface area contributed by atoms with Gasteiger partial charge in [-0.15, -0.1) is 0 Å². The molecule has 0 fully saturated rings. The Balaban J connectivity index is 2.31. The summed E-state index contributed by atoms with van der Waals surface area (Å²) in [5.41, 5.74) is 3.70. The van der Waals surface area contributed by atoms with Crippen LogP contribution in [0, 0.1) is 0 Å². The van der Waals surface area contributed by atoms with Crippen LogP contribution in [0.15, 0.2) is 24.5 Å². The minimum atomic E-state index is -0.0903. The summed E-state index contributed by atoms with van der Waals surface area (Å²) in [5, 5.41) is 11.6. The van der Waals surface area contributed by atoms with Crippen molar-refractivity contribution >= 4 is 40.0 Å². The zero-order valence-corrected chi connectivity index (χ0v) is 13.6. The summed E-state index contributed by atoms with van der Waals surface area (Å²) in [4.78, 5) is 11.3. The molecule has 3 rings (SSSR count). The molecule has 0 bridgehead atoms. The number of amides is 1. The number of H-pyrrole nitrogens is 1. The molecule has 2 N–H and O–H groups in total. The van der Waals surface area contributed by atoms with Crippen molar-refractivity contribution in [3.63, 3.8) is 0 Å². The Bertz CT molecular complexity index is 852. The van der Waals surface area contributed by atoms with Crippen LogP contribution in [0.3, 0.4) is 0 Å². The molecule has 2 aromatic heterocycles. The lowest BCUT2D eigenvalue weighted by molar-refractivity contribution is -0.119. The summed E-state index contributed by atoms with van der Waals surface area (Å²) in [7, 11) is 1.91. The number of benzene rings is 1. The maximum absolute atomic E-state index is 11.3. The van der Waals surface area contributed by atoms with Crippen molar-refractivity contribution in [2.45, 2.75) is 13.5 Å². The van der Waals surface area contributed by atoms with Crippen LogP contribution >= 0.6 is 23.2 Å². The van der Waals surface area contributed by atoms with Crippen molar-refractivity contribution in [3.05, 3.63) is 40.3 Å². The molecule has 2 heterocycles. The number of aromatic nitrogens is 3. The van der Waals surface area contributed by atoms with Gasteiger partial charge < -0.3 is 9.88 Å². The van der Waals surface area contributed by atoms with Crippen molar-refractivity contribution in [3.8, 4) is 11.1 Å². The molecule has 1 amide bonds. The van der Waals surface area contributed by atoms with Crippen molar-refractivity contribution in [1.29, 1.82) is 0 Å². The van der Waals surface area contributed by atoms with Gasteiger partial charge in [0.2, 0.25) is 5.91 Å². The molecule has 0 aliphatic rings. The number of nitrogens with zero attached hydrogens (tertiary/aromatic N) is 2. The van der Waals surface area contributed by atoms with Gasteiger partial charge in [-0.1, -0.05) is 29.3 Å². The van der Waals surface area contributed by atoms with Crippen LogP contribution in [0.4, 0.5) is 0 Å². The summed E-state index contributed by atoms with van der Waals surface area (Å²) >= 11 is 12.5. The third kappa shape index (κ3) is 2.36. The first-order chi connectivity index (χ1) is 10.5. The number of hydrogen-bond donors (Lipinski definition) is 2. The molecule has 0 spiro atoms. The van der Waals surface area contributed by atoms with Crippen LogP contribution in [-0.4, -0.2) is 20.7 Å². The molecule has 0 radical (unpaired) electrons. The van der Waals surface area contributed by atoms with E-state index in [-0.39, 0.29) is 5.91 Å². The van der Waals surface area contributed by atoms with E-state index in [1.54, 1.807) is 12.3 Å². The Morgan fingerprint density at radius 1 is 1.41 bits per heavy atom. The SMILES string of the molecule is CC(=O)NCc1c(-c2cn[nH]c2)c2ccc(Cl)c(Cl)c2n1C. The van der Waals surface area contributed by atoms with Gasteiger partial charge >= 0.3 is 0 Å². The van der Waals surface area contributed by atoms with Crippen molar-refractivity contribution in [2.24, 2.45) is 7.05 Å². The molecule has 0 saturated carbocycles. The first kappa shape index (κ1) is 14.9. The van der Waals surface area contributed by atoms with Gasteiger partial charge in [-0.3, -0.25) is 9.89 Å². The maximum atomic E-state index is 11.3. The summed E-state index contributed by atoms with van der Waals surface area (Å²) in [6.45, 7) is 1.89. The second kappa shape index (κ2) is 5.66. The molecular weight excluding hydrogens is 323 g/mol. The summed E-state index contributed by atoms with van der Waals surface area (Å²) in [6, 6.07) is 3.71. The fourth-order valence-electron chi connectivity index (χ4n) is 2.65. The summed E-state index contributed by atoms with van der Waals surface area (Å²) in [5.74, 6) is -0.0903. The lowest BCUT2D eigenvalue weighted by atomic mass is 10.1. The summed E-state index contributed by atoms with van der Waals surface area (Å²) in [6.07, 6.45) is 3.56. The van der Waals surface area contributed by atoms with E-state index in [1.807, 2.05) is 23.9 Å². The molecule has 3 aromatic rings. The molecule has 5 nitrogen and oxygen atoms in total. The second-order valence-electron chi connectivity index (χ2n) is 5.03. The van der Waals surface area contributed by atoms with Crippen LogP contribution in [0.25, 0.3) is 22.0 Å². The lowest BCUT2D eigenvalue weighted by Gasteiger charge is -2.08. The molecular formula is C15H14Cl2N4O. The fraction of sp³-hybridized carbons (Fsp3) is 0.200. The van der Waals surface area contributed by atoms with Gasteiger partial charge in [-0.25, -0.2) is 0 Å². The normalized spacial score (nSPS) is 11.1. The van der Waals surface area contributed by atoms with Gasteiger partial charge in [0.25, 0.3) is 0 Å². The minimum absolute atomic E-state index is 0.0903. The van der Waals surface area contributed by atoms with Crippen molar-refractivity contribution < 1.29 is 4.79 Å². The predicted molar refractivity (Wildman–Crippen MR) is 88.0 cm³/mol. The first-order valence-electron chi connectivity index (χ1n) is 6.69. The molecule has 22 heavy (non-hydrogen) atoms. The quantitative estimate of drug-likeness (QED) is 0.768. The van der Waals surface area contributed by atoms with E-state index in [9.17, 15) is 4.79 Å². The molecule has 0 aliphatic heterocycles. The highest BCUT2D eigenvalue weighted by Crippen LogP contribution is 2.39. The zero-order valence-electron chi connectivity index (χ0n) is 12.1. The molecule has 7 heteroatoms. The van der Waals surface area contributed by atoms with Crippen LogP contribution in [0.2, 0.25) is 10.0 Å². The van der Waals surface area contributed by atoms with E-state index in [1.165, 1.54) is 6.92 Å². The Morgan fingerprint density at radius 3 is 2.82 bits per heavy atom. The maximum Gasteiger partial charge on any atom is 0.217 e. The smallest absolute Gasteiger partial charge is 0.217 e. The van der Waals surface area contributed by atoms with Gasteiger partial charge in [0.15, 0.2) is 0 Å². The van der Waals surface area contributed by atoms with Crippen molar-refractivity contribution in [1.82, 2.24) is 20.1 Å². The Labute approximate surface area is 137 Å². The number of hydrogen-bond acceptors (Lipinski definition) is 2. The Morgan fingerprint density at radius 2 is 2.18 bits per heavy atom. The fourth-order valence-corrected chi connectivity index (χ4v) is 3.10. The largest absolute Gasteiger partial charge is 0.351 e. The lowest BCUT2D eigenvalue weighted by Crippen LogP contribution is -2.20. The number of rotatable bonds is 3. The number of fused-ring (bicyclic) bond motifs is 1. The molecule has 0 unspecified atom stereocenters. The topological polar surface area (TPSA) is 62.7 Å². The Hall–Kier alpha value is -1.98. The monoisotopic (exact) mass is 336 g/mol. The first-order valence-corrected chi connectivity index (χ1v) is 7.45. The molecule has 0 atom stereocenters. The highest BCUT2D eigenvalue weighted by molar-refractivity contribution is 6.45. The van der Waals surface area contributed by atoms with E-state index in [4.69, 9.17) is 23.2 Å². The average Bonchev–Trinajstić information content (AvgIpc) is 3.07. The summed E-state index contributed by atoms with van der Waals surface area (Å²) < 4.78 is 1.96. The molecule has 114 valence electrons. The van der Waals surface area contributed by atoms with Gasteiger partial charge in [-0.05, 0) is 6.07 Å². The number of aryl methyl sites for hydroxylation is 1. The molecule has 0 aliphatic carbocycles. The van der Waals surface area contributed by atoms with Crippen LogP contribution < -0.4 is 5.32 Å². The van der Waals surface area contributed by atoms with E-state index in [2.05, 4.69) is 15.5 Å². The van der Waals surface area contributed by atoms with E-state index >= 15 is 0 Å². The highest BCUT2D eigenvalue weighted by atomic mass is 35.5. The zero-order chi connectivity index (χ0) is 15.9. The van der Waals surface area contributed by atoms with Gasteiger partial charge in [0, 0.05) is 42.4 Å². The van der Waals surface area contributed by atoms with Crippen LogP contribution in [0.1, 0.15) is 12.6 Å². The van der Waals surface area contributed by atoms with Gasteiger partial charge in [0.1, 0.15) is 0 Å². The minimum Gasteiger partial charge on any atom is -0.351 e. The predicted octanol–water partition coefficient (Wildman–Crippen LogP) is 3.51. The van der Waals surface area contributed by atoms with E-state index < -0.39 is 0 Å². The second-order valence-corrected chi connectivity index (χ2v) is 5.82.